The number of carboxylic acids is 1. The smallest absolute Gasteiger partial charge is 0.337 e. The zero-order valence-corrected chi connectivity index (χ0v) is 22.5. The number of carboxylic acid groups (broad SMARTS) is 1. The number of nitriles is 1. The number of rotatable bonds is 8. The Balaban J connectivity index is 2.14. The van der Waals surface area contributed by atoms with Gasteiger partial charge in [-0.15, -0.1) is 0 Å². The van der Waals surface area contributed by atoms with Gasteiger partial charge in [0, 0.05) is 36.1 Å². The zero-order valence-electron chi connectivity index (χ0n) is 22.5. The number of nitrogens with zero attached hydrogens (tertiary/aromatic N) is 4. The molecule has 2 aromatic rings. The van der Waals surface area contributed by atoms with Gasteiger partial charge in [0.25, 0.3) is 0 Å². The molecule has 194 valence electrons. The van der Waals surface area contributed by atoms with Crippen LogP contribution in [-0.4, -0.2) is 46.3 Å². The van der Waals surface area contributed by atoms with Gasteiger partial charge in [0.05, 0.1) is 41.3 Å². The first kappa shape index (κ1) is 27.4. The first-order valence-corrected chi connectivity index (χ1v) is 12.5. The lowest BCUT2D eigenvalue weighted by atomic mass is 9.81. The van der Waals surface area contributed by atoms with E-state index in [0.717, 1.165) is 11.3 Å². The minimum absolute atomic E-state index is 0.397. The zero-order chi connectivity index (χ0) is 26.7. The number of hydrogen-bond donors (Lipinski definition) is 1. The molecule has 36 heavy (non-hydrogen) atoms. The lowest BCUT2D eigenvalue weighted by molar-refractivity contribution is -0.160. The molecule has 1 atom stereocenters. The average Bonchev–Trinajstić information content (AvgIpc) is 2.81. The lowest BCUT2D eigenvalue weighted by Gasteiger charge is -2.39. The van der Waals surface area contributed by atoms with Crippen molar-refractivity contribution in [2.24, 2.45) is 11.3 Å². The molecular weight excluding hydrogens is 456 g/mol. The molecule has 0 aliphatic carbocycles. The van der Waals surface area contributed by atoms with Crippen LogP contribution in [0.15, 0.2) is 24.5 Å². The molecule has 2 aromatic heterocycles. The SMILES string of the molecule is Cc1ncc(-c2ccc(OCC(C)C)cn2)c(N2CCC(C)(C#N)CC2)c1[C@H](OC(C)(C)C)C(=O)O. The molecule has 0 unspecified atom stereocenters. The van der Waals surface area contributed by atoms with Crippen molar-refractivity contribution in [1.29, 1.82) is 5.26 Å². The summed E-state index contributed by atoms with van der Waals surface area (Å²) in [5.41, 5.74) is 2.19. The van der Waals surface area contributed by atoms with Gasteiger partial charge in [-0.2, -0.15) is 5.26 Å². The van der Waals surface area contributed by atoms with E-state index in [1.165, 1.54) is 0 Å². The van der Waals surface area contributed by atoms with E-state index in [1.54, 1.807) is 12.4 Å². The van der Waals surface area contributed by atoms with Crippen molar-refractivity contribution in [3.63, 3.8) is 0 Å². The highest BCUT2D eigenvalue weighted by Gasteiger charge is 2.37. The van der Waals surface area contributed by atoms with Crippen molar-refractivity contribution in [1.82, 2.24) is 9.97 Å². The summed E-state index contributed by atoms with van der Waals surface area (Å²) in [6.07, 6.45) is 3.59. The number of ether oxygens (including phenoxy) is 2. The fourth-order valence-corrected chi connectivity index (χ4v) is 4.26. The number of pyridine rings is 2. The van der Waals surface area contributed by atoms with E-state index in [2.05, 4.69) is 34.8 Å². The van der Waals surface area contributed by atoms with Crippen LogP contribution in [0.4, 0.5) is 5.69 Å². The Morgan fingerprint density at radius 1 is 1.22 bits per heavy atom. The highest BCUT2D eigenvalue weighted by molar-refractivity contribution is 5.85. The van der Waals surface area contributed by atoms with Crippen molar-refractivity contribution in [2.45, 2.75) is 73.0 Å². The van der Waals surface area contributed by atoms with Crippen molar-refractivity contribution < 1.29 is 19.4 Å². The van der Waals surface area contributed by atoms with Crippen molar-refractivity contribution in [3.8, 4) is 23.1 Å². The maximum Gasteiger partial charge on any atom is 0.337 e. The molecule has 0 amide bonds. The van der Waals surface area contributed by atoms with E-state index in [-0.39, 0.29) is 0 Å². The maximum absolute atomic E-state index is 12.5. The van der Waals surface area contributed by atoms with Crippen LogP contribution in [0.3, 0.4) is 0 Å². The summed E-state index contributed by atoms with van der Waals surface area (Å²) in [7, 11) is 0. The number of hydrogen-bond acceptors (Lipinski definition) is 7. The van der Waals surface area contributed by atoms with Crippen LogP contribution >= 0.6 is 0 Å². The summed E-state index contributed by atoms with van der Waals surface area (Å²) in [6.45, 7) is 15.3. The largest absolute Gasteiger partial charge is 0.492 e. The number of aryl methyl sites for hydroxylation is 1. The van der Waals surface area contributed by atoms with Crippen LogP contribution in [0.25, 0.3) is 11.3 Å². The molecule has 8 heteroatoms. The summed E-state index contributed by atoms with van der Waals surface area (Å²) in [4.78, 5) is 23.9. The molecule has 0 spiro atoms. The van der Waals surface area contributed by atoms with E-state index in [0.29, 0.717) is 61.2 Å². The third-order valence-electron chi connectivity index (χ3n) is 6.29. The van der Waals surface area contributed by atoms with E-state index in [1.807, 2.05) is 46.8 Å². The molecule has 0 aromatic carbocycles. The van der Waals surface area contributed by atoms with Gasteiger partial charge in [0.2, 0.25) is 0 Å². The second kappa shape index (κ2) is 10.8. The predicted octanol–water partition coefficient (Wildman–Crippen LogP) is 5.56. The Kier molecular flexibility index (Phi) is 8.25. The first-order valence-electron chi connectivity index (χ1n) is 12.5. The monoisotopic (exact) mass is 494 g/mol. The molecule has 1 aliphatic rings. The van der Waals surface area contributed by atoms with Crippen molar-refractivity contribution in [3.05, 3.63) is 35.8 Å². The van der Waals surface area contributed by atoms with Gasteiger partial charge in [-0.3, -0.25) is 9.97 Å². The van der Waals surface area contributed by atoms with E-state index in [4.69, 9.17) is 9.47 Å². The quantitative estimate of drug-likeness (QED) is 0.508. The Labute approximate surface area is 214 Å². The Morgan fingerprint density at radius 2 is 1.89 bits per heavy atom. The van der Waals surface area contributed by atoms with Gasteiger partial charge in [-0.1, -0.05) is 13.8 Å². The number of aliphatic carboxylic acids is 1. The lowest BCUT2D eigenvalue weighted by Crippen LogP contribution is -2.40. The minimum atomic E-state index is -1.20. The molecule has 1 saturated heterocycles. The van der Waals surface area contributed by atoms with Crippen LogP contribution in [0.2, 0.25) is 0 Å². The first-order chi connectivity index (χ1) is 16.8. The Morgan fingerprint density at radius 3 is 2.39 bits per heavy atom. The molecule has 3 rings (SSSR count). The molecule has 1 fully saturated rings. The third-order valence-corrected chi connectivity index (χ3v) is 6.29. The minimum Gasteiger partial charge on any atom is -0.492 e. The normalized spacial score (nSPS) is 16.5. The molecule has 0 bridgehead atoms. The highest BCUT2D eigenvalue weighted by atomic mass is 16.5. The fourth-order valence-electron chi connectivity index (χ4n) is 4.26. The molecule has 0 saturated carbocycles. The van der Waals surface area contributed by atoms with E-state index in [9.17, 15) is 15.2 Å². The van der Waals surface area contributed by atoms with E-state index < -0.39 is 23.1 Å². The van der Waals surface area contributed by atoms with E-state index >= 15 is 0 Å². The van der Waals surface area contributed by atoms with Gasteiger partial charge >= 0.3 is 5.97 Å². The third kappa shape index (κ3) is 6.52. The number of anilines is 1. The van der Waals surface area contributed by atoms with Gasteiger partial charge in [-0.25, -0.2) is 4.79 Å². The molecule has 1 aliphatic heterocycles. The van der Waals surface area contributed by atoms with Crippen LogP contribution in [0, 0.1) is 29.6 Å². The molecule has 8 nitrogen and oxygen atoms in total. The second-order valence-electron chi connectivity index (χ2n) is 11.2. The average molecular weight is 495 g/mol. The molecule has 0 radical (unpaired) electrons. The van der Waals surface area contributed by atoms with Crippen LogP contribution < -0.4 is 9.64 Å². The number of carbonyl (C=O) groups is 1. The Bertz CT molecular complexity index is 1110. The summed E-state index contributed by atoms with van der Waals surface area (Å²) >= 11 is 0. The molecule has 1 N–H and O–H groups in total. The van der Waals surface area contributed by atoms with Gasteiger partial charge in [0.15, 0.2) is 6.10 Å². The second-order valence-corrected chi connectivity index (χ2v) is 11.2. The summed E-state index contributed by atoms with van der Waals surface area (Å²) in [5.74, 6) is 0.00289. The van der Waals surface area contributed by atoms with Crippen LogP contribution in [0.1, 0.15) is 71.7 Å². The van der Waals surface area contributed by atoms with Gasteiger partial charge in [0.1, 0.15) is 5.75 Å². The van der Waals surface area contributed by atoms with Crippen LogP contribution in [-0.2, 0) is 9.53 Å². The highest BCUT2D eigenvalue weighted by Crippen LogP contribution is 2.43. The standard InChI is InChI=1S/C28H38N4O4/c1-18(2)16-35-20-8-9-22(31-14-20)21-15-30-19(3)23(25(26(33)34)36-27(4,5)6)24(21)32-12-10-28(7,17-29)11-13-32/h8-9,14-15,18,25H,10-13,16H2,1-7H3,(H,33,34)/t25-/m0/s1. The molecule has 3 heterocycles. The maximum atomic E-state index is 12.5. The van der Waals surface area contributed by atoms with Crippen LogP contribution in [0.5, 0.6) is 5.75 Å². The topological polar surface area (TPSA) is 109 Å². The summed E-state index contributed by atoms with van der Waals surface area (Å²) in [5, 5.41) is 19.8. The fraction of sp³-hybridized carbons (Fsp3) is 0.571. The predicted molar refractivity (Wildman–Crippen MR) is 139 cm³/mol. The summed E-state index contributed by atoms with van der Waals surface area (Å²) < 4.78 is 11.9. The van der Waals surface area contributed by atoms with Gasteiger partial charge < -0.3 is 19.5 Å². The summed E-state index contributed by atoms with van der Waals surface area (Å²) in [6, 6.07) is 6.18. The number of aromatic nitrogens is 2. The molecular formula is C28H38N4O4. The Hall–Kier alpha value is -3.18. The van der Waals surface area contributed by atoms with Gasteiger partial charge in [-0.05, 0) is 65.5 Å². The van der Waals surface area contributed by atoms with Crippen molar-refractivity contribution in [2.75, 3.05) is 24.6 Å². The number of piperidine rings is 1. The van der Waals surface area contributed by atoms with Crippen molar-refractivity contribution >= 4 is 11.7 Å².